The van der Waals surface area contributed by atoms with Gasteiger partial charge in [-0.25, -0.2) is 4.39 Å². The van der Waals surface area contributed by atoms with E-state index >= 15 is 0 Å². The Morgan fingerprint density at radius 1 is 1.56 bits per heavy atom. The van der Waals surface area contributed by atoms with Gasteiger partial charge in [0.2, 0.25) is 0 Å². The van der Waals surface area contributed by atoms with E-state index in [1.165, 1.54) is 12.1 Å². The van der Waals surface area contributed by atoms with E-state index in [9.17, 15) is 9.18 Å². The number of carbonyl (C=O) groups excluding carboxylic acids is 1. The van der Waals surface area contributed by atoms with Crippen LogP contribution < -0.4 is 0 Å². The highest BCUT2D eigenvalue weighted by atomic mass is 32.2. The first-order chi connectivity index (χ1) is 8.58. The Bertz CT molecular complexity index is 449. The van der Waals surface area contributed by atoms with E-state index in [1.807, 2.05) is 25.7 Å². The maximum absolute atomic E-state index is 13.0. The lowest BCUT2D eigenvalue weighted by molar-refractivity contribution is -0.122. The van der Waals surface area contributed by atoms with E-state index in [0.29, 0.717) is 6.42 Å². The van der Waals surface area contributed by atoms with Crippen LogP contribution in [0.2, 0.25) is 0 Å². The van der Waals surface area contributed by atoms with Gasteiger partial charge in [0.15, 0.2) is 5.78 Å². The zero-order valence-corrected chi connectivity index (χ0v) is 11.6. The van der Waals surface area contributed by atoms with Crippen LogP contribution >= 0.6 is 11.8 Å². The molecule has 1 aliphatic rings. The van der Waals surface area contributed by atoms with Gasteiger partial charge in [0.1, 0.15) is 5.82 Å². The molecule has 1 fully saturated rings. The molecule has 1 aromatic carbocycles. The van der Waals surface area contributed by atoms with Crippen molar-refractivity contribution in [2.75, 3.05) is 25.1 Å². The second kappa shape index (κ2) is 5.85. The van der Waals surface area contributed by atoms with Crippen molar-refractivity contribution < 1.29 is 9.18 Å². The normalized spacial score (nSPS) is 20.9. The third kappa shape index (κ3) is 3.12. The van der Waals surface area contributed by atoms with Crippen molar-refractivity contribution >= 4 is 17.5 Å². The SMILES string of the molecule is Cc1cc(F)ccc1CC(=O)C1CSCCN1C. The van der Waals surface area contributed by atoms with Gasteiger partial charge in [0.25, 0.3) is 0 Å². The first-order valence-electron chi connectivity index (χ1n) is 6.13. The summed E-state index contributed by atoms with van der Waals surface area (Å²) in [4.78, 5) is 14.4. The van der Waals surface area contributed by atoms with E-state index in [1.54, 1.807) is 6.07 Å². The summed E-state index contributed by atoms with van der Waals surface area (Å²) in [6.07, 6.45) is 0.404. The van der Waals surface area contributed by atoms with Crippen LogP contribution in [-0.2, 0) is 11.2 Å². The predicted molar refractivity (Wildman–Crippen MR) is 73.6 cm³/mol. The topological polar surface area (TPSA) is 20.3 Å². The number of aryl methyl sites for hydroxylation is 1. The molecule has 0 spiro atoms. The van der Waals surface area contributed by atoms with Crippen LogP contribution in [0.3, 0.4) is 0 Å². The lowest BCUT2D eigenvalue weighted by Crippen LogP contribution is -2.45. The molecule has 0 saturated carbocycles. The molecule has 0 N–H and O–H groups in total. The van der Waals surface area contributed by atoms with Crippen LogP contribution in [0.15, 0.2) is 18.2 Å². The van der Waals surface area contributed by atoms with Crippen LogP contribution in [0, 0.1) is 12.7 Å². The second-order valence-corrected chi connectivity index (χ2v) is 5.94. The Labute approximate surface area is 112 Å². The molecule has 0 amide bonds. The minimum Gasteiger partial charge on any atom is -0.298 e. The number of hydrogen-bond donors (Lipinski definition) is 0. The second-order valence-electron chi connectivity index (χ2n) is 4.79. The van der Waals surface area contributed by atoms with Crippen molar-refractivity contribution in [2.45, 2.75) is 19.4 Å². The fourth-order valence-electron chi connectivity index (χ4n) is 2.19. The smallest absolute Gasteiger partial charge is 0.155 e. The van der Waals surface area contributed by atoms with Gasteiger partial charge in [0.05, 0.1) is 6.04 Å². The zero-order valence-electron chi connectivity index (χ0n) is 10.8. The third-order valence-corrected chi connectivity index (χ3v) is 4.46. The molecule has 1 aliphatic heterocycles. The maximum Gasteiger partial charge on any atom is 0.155 e. The molecular formula is C14H18FNOS. The molecule has 2 rings (SSSR count). The average Bonchev–Trinajstić information content (AvgIpc) is 2.33. The fourth-order valence-corrected chi connectivity index (χ4v) is 3.44. The fraction of sp³-hybridized carbons (Fsp3) is 0.500. The summed E-state index contributed by atoms with van der Waals surface area (Å²) in [7, 11) is 2.00. The lowest BCUT2D eigenvalue weighted by Gasteiger charge is -2.31. The Morgan fingerprint density at radius 2 is 2.33 bits per heavy atom. The van der Waals surface area contributed by atoms with Crippen molar-refractivity contribution in [1.29, 1.82) is 0 Å². The highest BCUT2D eigenvalue weighted by molar-refractivity contribution is 7.99. The van der Waals surface area contributed by atoms with Gasteiger partial charge >= 0.3 is 0 Å². The molecular weight excluding hydrogens is 249 g/mol. The molecule has 4 heteroatoms. The molecule has 0 aromatic heterocycles. The van der Waals surface area contributed by atoms with E-state index < -0.39 is 0 Å². The molecule has 18 heavy (non-hydrogen) atoms. The van der Waals surface area contributed by atoms with Crippen LogP contribution in [0.25, 0.3) is 0 Å². The van der Waals surface area contributed by atoms with Gasteiger partial charge in [-0.2, -0.15) is 11.8 Å². The van der Waals surface area contributed by atoms with E-state index in [4.69, 9.17) is 0 Å². The Balaban J connectivity index is 2.06. The van der Waals surface area contributed by atoms with E-state index in [-0.39, 0.29) is 17.6 Å². The van der Waals surface area contributed by atoms with Crippen molar-refractivity contribution in [1.82, 2.24) is 4.90 Å². The summed E-state index contributed by atoms with van der Waals surface area (Å²) < 4.78 is 13.0. The van der Waals surface area contributed by atoms with Crippen LogP contribution in [0.4, 0.5) is 4.39 Å². The Morgan fingerprint density at radius 3 is 3.00 bits per heavy atom. The predicted octanol–water partition coefficient (Wildman–Crippen LogP) is 2.29. The Kier molecular flexibility index (Phi) is 4.40. The average molecular weight is 267 g/mol. The summed E-state index contributed by atoms with van der Waals surface area (Å²) in [5.74, 6) is 1.96. The summed E-state index contributed by atoms with van der Waals surface area (Å²) in [5.41, 5.74) is 1.79. The number of thioether (sulfide) groups is 1. The number of hydrogen-bond acceptors (Lipinski definition) is 3. The number of rotatable bonds is 3. The zero-order chi connectivity index (χ0) is 13.1. The van der Waals surface area contributed by atoms with Crippen molar-refractivity contribution in [3.63, 3.8) is 0 Å². The summed E-state index contributed by atoms with van der Waals surface area (Å²) in [5, 5.41) is 0. The number of nitrogens with zero attached hydrogens (tertiary/aromatic N) is 1. The molecule has 0 radical (unpaired) electrons. The molecule has 0 bridgehead atoms. The summed E-state index contributed by atoms with van der Waals surface area (Å²) in [6.45, 7) is 2.81. The number of benzene rings is 1. The first kappa shape index (κ1) is 13.6. The minimum atomic E-state index is -0.242. The molecule has 1 saturated heterocycles. The third-order valence-electron chi connectivity index (χ3n) is 3.44. The first-order valence-corrected chi connectivity index (χ1v) is 7.29. The van der Waals surface area contributed by atoms with Crippen molar-refractivity contribution in [3.8, 4) is 0 Å². The van der Waals surface area contributed by atoms with E-state index in [0.717, 1.165) is 29.2 Å². The number of carbonyl (C=O) groups is 1. The lowest BCUT2D eigenvalue weighted by atomic mass is 9.99. The Hall–Kier alpha value is -0.870. The van der Waals surface area contributed by atoms with Gasteiger partial charge in [-0.15, -0.1) is 0 Å². The molecule has 98 valence electrons. The van der Waals surface area contributed by atoms with Gasteiger partial charge in [-0.05, 0) is 37.2 Å². The van der Waals surface area contributed by atoms with Gasteiger partial charge < -0.3 is 0 Å². The molecule has 0 aliphatic carbocycles. The highest BCUT2D eigenvalue weighted by Crippen LogP contribution is 2.18. The molecule has 1 heterocycles. The van der Waals surface area contributed by atoms with Crippen LogP contribution in [-0.4, -0.2) is 41.8 Å². The number of Topliss-reactive ketones (excluding diaryl/α,β-unsaturated/α-hetero) is 1. The monoisotopic (exact) mass is 267 g/mol. The van der Waals surface area contributed by atoms with E-state index in [2.05, 4.69) is 4.90 Å². The highest BCUT2D eigenvalue weighted by Gasteiger charge is 2.26. The van der Waals surface area contributed by atoms with Gasteiger partial charge in [0, 0.05) is 24.5 Å². The van der Waals surface area contributed by atoms with Gasteiger partial charge in [-0.3, -0.25) is 9.69 Å². The number of ketones is 1. The standard InChI is InChI=1S/C14H18FNOS/c1-10-7-12(15)4-3-11(10)8-14(17)13-9-18-6-5-16(13)2/h3-4,7,13H,5-6,8-9H2,1-2H3. The van der Waals surface area contributed by atoms with Crippen molar-refractivity contribution in [3.05, 3.63) is 35.1 Å². The van der Waals surface area contributed by atoms with Gasteiger partial charge in [-0.1, -0.05) is 6.07 Å². The minimum absolute atomic E-state index is 0.00760. The molecule has 2 nitrogen and oxygen atoms in total. The quantitative estimate of drug-likeness (QED) is 0.838. The number of halogens is 1. The number of likely N-dealkylation sites (N-methyl/N-ethyl adjacent to an activating group) is 1. The molecule has 1 aromatic rings. The summed E-state index contributed by atoms with van der Waals surface area (Å²) >= 11 is 1.83. The summed E-state index contributed by atoms with van der Waals surface area (Å²) in [6, 6.07) is 4.64. The van der Waals surface area contributed by atoms with Crippen LogP contribution in [0.1, 0.15) is 11.1 Å². The van der Waals surface area contributed by atoms with Crippen LogP contribution in [0.5, 0.6) is 0 Å². The molecule has 1 unspecified atom stereocenters. The van der Waals surface area contributed by atoms with Crippen molar-refractivity contribution in [2.24, 2.45) is 0 Å². The largest absolute Gasteiger partial charge is 0.298 e. The maximum atomic E-state index is 13.0. The molecule has 1 atom stereocenters.